The molecule has 0 aliphatic carbocycles. The number of hydrogen-bond donors (Lipinski definition) is 0. The molecule has 0 radical (unpaired) electrons. The maximum absolute atomic E-state index is 12.6. The number of nitrogens with zero attached hydrogens (tertiary/aromatic N) is 7. The summed E-state index contributed by atoms with van der Waals surface area (Å²) >= 11 is 0. The predicted octanol–water partition coefficient (Wildman–Crippen LogP) is 0.966. The highest BCUT2D eigenvalue weighted by Crippen LogP contribution is 2.26. The summed E-state index contributed by atoms with van der Waals surface area (Å²) in [7, 11) is 1.96. The molecule has 8 heteroatoms. The molecule has 1 aromatic carbocycles. The summed E-state index contributed by atoms with van der Waals surface area (Å²) in [4.78, 5) is 14.5. The van der Waals surface area contributed by atoms with Crippen LogP contribution in [0.2, 0.25) is 0 Å². The van der Waals surface area contributed by atoms with E-state index in [4.69, 9.17) is 0 Å². The van der Waals surface area contributed by atoms with Gasteiger partial charge in [0.1, 0.15) is 24.2 Å². The zero-order valence-electron chi connectivity index (χ0n) is 13.5. The summed E-state index contributed by atoms with van der Waals surface area (Å²) < 4.78 is 3.64. The highest BCUT2D eigenvalue weighted by molar-refractivity contribution is 5.79. The van der Waals surface area contributed by atoms with Gasteiger partial charge in [0.05, 0.1) is 5.52 Å². The van der Waals surface area contributed by atoms with Crippen molar-refractivity contribution in [3.63, 3.8) is 0 Å². The number of amides is 1. The lowest BCUT2D eigenvalue weighted by molar-refractivity contribution is -0.133. The second-order valence-electron chi connectivity index (χ2n) is 6.19. The Morgan fingerprint density at radius 1 is 1.21 bits per heavy atom. The van der Waals surface area contributed by atoms with Gasteiger partial charge in [0.15, 0.2) is 0 Å². The smallest absolute Gasteiger partial charge is 0.244 e. The van der Waals surface area contributed by atoms with Crippen molar-refractivity contribution in [1.82, 2.24) is 34.7 Å². The SMILES string of the molecule is Cn1cnnc1C1CCN(C(=O)Cn2nnc3ccccc32)CC1. The van der Waals surface area contributed by atoms with Crippen molar-refractivity contribution < 1.29 is 4.79 Å². The average molecular weight is 325 g/mol. The number of fused-ring (bicyclic) bond motifs is 1. The molecule has 3 aromatic rings. The van der Waals surface area contributed by atoms with Crippen molar-refractivity contribution in [2.45, 2.75) is 25.3 Å². The van der Waals surface area contributed by atoms with E-state index in [9.17, 15) is 4.79 Å². The molecule has 124 valence electrons. The van der Waals surface area contributed by atoms with Crippen molar-refractivity contribution in [1.29, 1.82) is 0 Å². The second kappa shape index (κ2) is 6.03. The molecule has 0 unspecified atom stereocenters. The predicted molar refractivity (Wildman–Crippen MR) is 87.1 cm³/mol. The number of aromatic nitrogens is 6. The van der Waals surface area contributed by atoms with Crippen LogP contribution in [0.1, 0.15) is 24.6 Å². The zero-order chi connectivity index (χ0) is 16.5. The fourth-order valence-electron chi connectivity index (χ4n) is 3.31. The summed E-state index contributed by atoms with van der Waals surface area (Å²) in [6.45, 7) is 1.71. The number of carbonyl (C=O) groups excluding carboxylic acids is 1. The fourth-order valence-corrected chi connectivity index (χ4v) is 3.31. The van der Waals surface area contributed by atoms with E-state index in [0.717, 1.165) is 42.8 Å². The van der Waals surface area contributed by atoms with E-state index in [-0.39, 0.29) is 12.5 Å². The lowest BCUT2D eigenvalue weighted by Crippen LogP contribution is -2.40. The first-order valence-electron chi connectivity index (χ1n) is 8.12. The molecule has 24 heavy (non-hydrogen) atoms. The summed E-state index contributed by atoms with van der Waals surface area (Å²) in [6.07, 6.45) is 3.55. The molecule has 0 bridgehead atoms. The molecule has 1 aliphatic rings. The topological polar surface area (TPSA) is 81.7 Å². The summed E-state index contributed by atoms with van der Waals surface area (Å²) in [5, 5.41) is 16.3. The van der Waals surface area contributed by atoms with Gasteiger partial charge in [-0.15, -0.1) is 15.3 Å². The minimum Gasteiger partial charge on any atom is -0.341 e. The minimum atomic E-state index is 0.0852. The van der Waals surface area contributed by atoms with Crippen molar-refractivity contribution >= 4 is 16.9 Å². The van der Waals surface area contributed by atoms with E-state index in [2.05, 4.69) is 20.5 Å². The molecule has 3 heterocycles. The van der Waals surface area contributed by atoms with E-state index in [1.54, 1.807) is 11.0 Å². The van der Waals surface area contributed by atoms with Gasteiger partial charge >= 0.3 is 0 Å². The third kappa shape index (κ3) is 2.64. The molecule has 0 saturated carbocycles. The maximum Gasteiger partial charge on any atom is 0.244 e. The summed E-state index contributed by atoms with van der Waals surface area (Å²) in [5.41, 5.74) is 1.70. The van der Waals surface area contributed by atoms with Crippen LogP contribution in [0, 0.1) is 0 Å². The highest BCUT2D eigenvalue weighted by Gasteiger charge is 2.26. The molecular formula is C16H19N7O. The minimum absolute atomic E-state index is 0.0852. The van der Waals surface area contributed by atoms with Crippen LogP contribution in [0.25, 0.3) is 11.0 Å². The van der Waals surface area contributed by atoms with Gasteiger partial charge in [-0.3, -0.25) is 4.79 Å². The van der Waals surface area contributed by atoms with Crippen LogP contribution >= 0.6 is 0 Å². The quantitative estimate of drug-likeness (QED) is 0.716. The number of likely N-dealkylation sites (tertiary alicyclic amines) is 1. The first-order valence-corrected chi connectivity index (χ1v) is 8.12. The van der Waals surface area contributed by atoms with Crippen LogP contribution < -0.4 is 0 Å². The van der Waals surface area contributed by atoms with Crippen molar-refractivity contribution in [2.75, 3.05) is 13.1 Å². The fraction of sp³-hybridized carbons (Fsp3) is 0.438. The van der Waals surface area contributed by atoms with Gasteiger partial charge in [0.25, 0.3) is 0 Å². The number of piperidine rings is 1. The van der Waals surface area contributed by atoms with Crippen LogP contribution in [0.5, 0.6) is 0 Å². The Labute approximate surface area is 139 Å². The van der Waals surface area contributed by atoms with Crippen LogP contribution in [0.4, 0.5) is 0 Å². The lowest BCUT2D eigenvalue weighted by Gasteiger charge is -2.31. The lowest BCUT2D eigenvalue weighted by atomic mass is 9.96. The van der Waals surface area contributed by atoms with Crippen molar-refractivity contribution in [2.24, 2.45) is 7.05 Å². The van der Waals surface area contributed by atoms with Gasteiger partial charge in [-0.25, -0.2) is 4.68 Å². The Morgan fingerprint density at radius 3 is 2.75 bits per heavy atom. The van der Waals surface area contributed by atoms with Gasteiger partial charge in [-0.05, 0) is 25.0 Å². The maximum atomic E-state index is 12.6. The Bertz CT molecular complexity index is 860. The molecule has 0 atom stereocenters. The van der Waals surface area contributed by atoms with E-state index in [0.29, 0.717) is 5.92 Å². The van der Waals surface area contributed by atoms with Crippen molar-refractivity contribution in [3.8, 4) is 0 Å². The number of hydrogen-bond acceptors (Lipinski definition) is 5. The summed E-state index contributed by atoms with van der Waals surface area (Å²) in [5.74, 6) is 1.46. The number of aryl methyl sites for hydroxylation is 1. The Hall–Kier alpha value is -2.77. The first-order chi connectivity index (χ1) is 11.7. The molecule has 1 amide bonds. The molecule has 1 saturated heterocycles. The third-order valence-electron chi connectivity index (χ3n) is 4.66. The van der Waals surface area contributed by atoms with Crippen molar-refractivity contribution in [3.05, 3.63) is 36.4 Å². The van der Waals surface area contributed by atoms with Crippen LogP contribution in [-0.2, 0) is 18.4 Å². The molecule has 8 nitrogen and oxygen atoms in total. The molecule has 1 aliphatic heterocycles. The number of benzene rings is 1. The normalized spacial score (nSPS) is 16.0. The van der Waals surface area contributed by atoms with Gasteiger partial charge in [0.2, 0.25) is 5.91 Å². The Morgan fingerprint density at radius 2 is 2.00 bits per heavy atom. The Balaban J connectivity index is 1.40. The van der Waals surface area contributed by atoms with Crippen LogP contribution in [0.15, 0.2) is 30.6 Å². The average Bonchev–Trinajstić information content (AvgIpc) is 3.22. The van der Waals surface area contributed by atoms with E-state index in [1.807, 2.05) is 40.8 Å². The van der Waals surface area contributed by atoms with Gasteiger partial charge in [-0.1, -0.05) is 17.3 Å². The van der Waals surface area contributed by atoms with Crippen LogP contribution in [-0.4, -0.2) is 53.7 Å². The van der Waals surface area contributed by atoms with E-state index in [1.165, 1.54) is 0 Å². The van der Waals surface area contributed by atoms with Gasteiger partial charge in [-0.2, -0.15) is 0 Å². The first kappa shape index (κ1) is 14.8. The molecule has 2 aromatic heterocycles. The largest absolute Gasteiger partial charge is 0.341 e. The third-order valence-corrected chi connectivity index (χ3v) is 4.66. The van der Waals surface area contributed by atoms with E-state index < -0.39 is 0 Å². The van der Waals surface area contributed by atoms with Gasteiger partial charge in [0, 0.05) is 26.1 Å². The van der Waals surface area contributed by atoms with E-state index >= 15 is 0 Å². The summed E-state index contributed by atoms with van der Waals surface area (Å²) in [6, 6.07) is 7.68. The Kier molecular flexibility index (Phi) is 3.72. The molecule has 0 spiro atoms. The number of para-hydroxylation sites is 1. The monoisotopic (exact) mass is 325 g/mol. The van der Waals surface area contributed by atoms with Gasteiger partial charge < -0.3 is 9.47 Å². The van der Waals surface area contributed by atoms with Crippen LogP contribution in [0.3, 0.4) is 0 Å². The second-order valence-corrected chi connectivity index (χ2v) is 6.19. The molecule has 4 rings (SSSR count). The molecule has 0 N–H and O–H groups in total. The standard InChI is InChI=1S/C16H19N7O/c1-21-11-17-19-16(21)12-6-8-22(9-7-12)15(24)10-23-14-5-3-2-4-13(14)18-20-23/h2-5,11-12H,6-10H2,1H3. The molecular weight excluding hydrogens is 306 g/mol. The number of rotatable bonds is 3. The zero-order valence-corrected chi connectivity index (χ0v) is 13.5. The highest BCUT2D eigenvalue weighted by atomic mass is 16.2. The number of carbonyl (C=O) groups is 1. The molecule has 1 fully saturated rings.